The molecule has 9 nitrogen and oxygen atoms in total. The number of para-hydroxylation sites is 2. The van der Waals surface area contributed by atoms with Gasteiger partial charge in [0.2, 0.25) is 16.1 Å². The molecule has 1 heterocycles. The van der Waals surface area contributed by atoms with Gasteiger partial charge in [0, 0.05) is 6.04 Å². The molecule has 0 aromatic heterocycles. The van der Waals surface area contributed by atoms with Crippen molar-refractivity contribution in [2.24, 2.45) is 0 Å². The van der Waals surface area contributed by atoms with Gasteiger partial charge < -0.3 is 19.1 Å². The maximum absolute atomic E-state index is 12.8. The molecular formula is C21H24N2O7S. The average molecular weight is 448 g/mol. The molecule has 1 atom stereocenters. The predicted molar refractivity (Wildman–Crippen MR) is 113 cm³/mol. The van der Waals surface area contributed by atoms with Crippen LogP contribution in [0.1, 0.15) is 13.8 Å². The third kappa shape index (κ3) is 5.33. The number of hydrogen-bond acceptors (Lipinski definition) is 7. The molecule has 1 amide bonds. The molecule has 0 spiro atoms. The van der Waals surface area contributed by atoms with Crippen molar-refractivity contribution in [1.29, 1.82) is 0 Å². The van der Waals surface area contributed by atoms with Crippen LogP contribution in [0.4, 0.5) is 5.69 Å². The Labute approximate surface area is 181 Å². The Hall–Kier alpha value is -3.11. The van der Waals surface area contributed by atoms with Crippen molar-refractivity contribution >= 4 is 27.6 Å². The van der Waals surface area contributed by atoms with Gasteiger partial charge in [-0.2, -0.15) is 0 Å². The molecule has 0 radical (unpaired) electrons. The first-order valence-corrected chi connectivity index (χ1v) is 11.1. The molecule has 3 rings (SSSR count). The SMILES string of the molecule is COC(=O)C1CN(C(=O)COc2ccc(S(=O)(=O)NC(C)C)cc2)c2ccccc2O1. The third-order valence-corrected chi connectivity index (χ3v) is 6.10. The number of amides is 1. The zero-order valence-corrected chi connectivity index (χ0v) is 18.2. The van der Waals surface area contributed by atoms with E-state index in [2.05, 4.69) is 4.72 Å². The molecule has 0 saturated heterocycles. The van der Waals surface area contributed by atoms with E-state index in [0.29, 0.717) is 17.2 Å². The molecule has 1 aliphatic heterocycles. The van der Waals surface area contributed by atoms with E-state index in [1.54, 1.807) is 38.1 Å². The second kappa shape index (κ2) is 9.36. The summed E-state index contributed by atoms with van der Waals surface area (Å²) in [5, 5.41) is 0. The number of ether oxygens (including phenoxy) is 3. The van der Waals surface area contributed by atoms with Crippen LogP contribution in [-0.2, 0) is 24.3 Å². The minimum absolute atomic E-state index is 0.00999. The highest BCUT2D eigenvalue weighted by atomic mass is 32.2. The molecule has 2 aromatic rings. The van der Waals surface area contributed by atoms with Gasteiger partial charge in [-0.15, -0.1) is 0 Å². The van der Waals surface area contributed by atoms with Gasteiger partial charge in [-0.25, -0.2) is 17.9 Å². The maximum Gasteiger partial charge on any atom is 0.348 e. The quantitative estimate of drug-likeness (QED) is 0.642. The highest BCUT2D eigenvalue weighted by Gasteiger charge is 2.34. The van der Waals surface area contributed by atoms with Gasteiger partial charge in [0.25, 0.3) is 5.91 Å². The number of benzene rings is 2. The number of anilines is 1. The van der Waals surface area contributed by atoms with Gasteiger partial charge in [0.05, 0.1) is 24.2 Å². The molecule has 2 aromatic carbocycles. The molecule has 0 aliphatic carbocycles. The number of sulfonamides is 1. The summed E-state index contributed by atoms with van der Waals surface area (Å²) in [6.45, 7) is 3.15. The standard InChI is InChI=1S/C21H24N2O7S/c1-14(2)22-31(26,27)16-10-8-15(9-11-16)29-13-20(24)23-12-19(21(25)28-3)30-18-7-5-4-6-17(18)23/h4-11,14,19,22H,12-13H2,1-3H3. The summed E-state index contributed by atoms with van der Waals surface area (Å²) in [7, 11) is -2.36. The van der Waals surface area contributed by atoms with Crippen LogP contribution in [0, 0.1) is 0 Å². The lowest BCUT2D eigenvalue weighted by Gasteiger charge is -2.33. The first-order valence-electron chi connectivity index (χ1n) is 9.60. The van der Waals surface area contributed by atoms with Crippen LogP contribution in [0.2, 0.25) is 0 Å². The first kappa shape index (κ1) is 22.6. The third-order valence-electron chi connectivity index (χ3n) is 4.43. The van der Waals surface area contributed by atoms with Crippen molar-refractivity contribution in [1.82, 2.24) is 4.72 Å². The van der Waals surface area contributed by atoms with E-state index in [0.717, 1.165) is 0 Å². The Bertz CT molecular complexity index is 1050. The van der Waals surface area contributed by atoms with E-state index in [-0.39, 0.29) is 30.0 Å². The number of hydrogen-bond donors (Lipinski definition) is 1. The van der Waals surface area contributed by atoms with E-state index < -0.39 is 22.1 Å². The summed E-state index contributed by atoms with van der Waals surface area (Å²) in [4.78, 5) is 26.3. The summed E-state index contributed by atoms with van der Waals surface area (Å²) >= 11 is 0. The summed E-state index contributed by atoms with van der Waals surface area (Å²) in [6, 6.07) is 12.4. The van der Waals surface area contributed by atoms with Gasteiger partial charge in [-0.3, -0.25) is 4.79 Å². The minimum Gasteiger partial charge on any atom is -0.484 e. The smallest absolute Gasteiger partial charge is 0.348 e. The van der Waals surface area contributed by atoms with Crippen molar-refractivity contribution in [2.45, 2.75) is 30.9 Å². The van der Waals surface area contributed by atoms with Crippen LogP contribution < -0.4 is 19.1 Å². The fourth-order valence-electron chi connectivity index (χ4n) is 3.04. The van der Waals surface area contributed by atoms with Crippen molar-refractivity contribution < 1.29 is 32.2 Å². The van der Waals surface area contributed by atoms with Crippen molar-refractivity contribution in [2.75, 3.05) is 25.2 Å². The fraction of sp³-hybridized carbons (Fsp3) is 0.333. The Morgan fingerprint density at radius 3 is 2.48 bits per heavy atom. The van der Waals surface area contributed by atoms with Crippen molar-refractivity contribution in [3.8, 4) is 11.5 Å². The molecule has 1 aliphatic rings. The number of rotatable bonds is 7. The summed E-state index contributed by atoms with van der Waals surface area (Å²) in [5.41, 5.74) is 0.525. The molecule has 0 bridgehead atoms. The summed E-state index contributed by atoms with van der Waals surface area (Å²) in [6.07, 6.45) is -0.943. The lowest BCUT2D eigenvalue weighted by Crippen LogP contribution is -2.48. The Morgan fingerprint density at radius 2 is 1.84 bits per heavy atom. The molecule has 1 N–H and O–H groups in total. The molecule has 1 unspecified atom stereocenters. The van der Waals surface area contributed by atoms with Crippen LogP contribution in [0.15, 0.2) is 53.4 Å². The molecule has 166 valence electrons. The average Bonchev–Trinajstić information content (AvgIpc) is 2.75. The number of nitrogens with zero attached hydrogens (tertiary/aromatic N) is 1. The van der Waals surface area contributed by atoms with Crippen molar-refractivity contribution in [3.05, 3.63) is 48.5 Å². The van der Waals surface area contributed by atoms with Gasteiger partial charge in [-0.05, 0) is 50.2 Å². The topological polar surface area (TPSA) is 111 Å². The molecule has 0 fully saturated rings. The van der Waals surface area contributed by atoms with Crippen LogP contribution >= 0.6 is 0 Å². The van der Waals surface area contributed by atoms with E-state index in [1.807, 2.05) is 0 Å². The van der Waals surface area contributed by atoms with E-state index in [1.165, 1.54) is 36.3 Å². The zero-order chi connectivity index (χ0) is 22.6. The Kier molecular flexibility index (Phi) is 6.81. The zero-order valence-electron chi connectivity index (χ0n) is 17.4. The molecule has 10 heteroatoms. The van der Waals surface area contributed by atoms with Crippen LogP contribution in [-0.4, -0.2) is 52.7 Å². The van der Waals surface area contributed by atoms with Crippen LogP contribution in [0.25, 0.3) is 0 Å². The number of carbonyl (C=O) groups is 2. The van der Waals surface area contributed by atoms with Gasteiger partial charge in [0.1, 0.15) is 11.5 Å². The number of fused-ring (bicyclic) bond motifs is 1. The number of carbonyl (C=O) groups excluding carboxylic acids is 2. The first-order chi connectivity index (χ1) is 14.7. The highest BCUT2D eigenvalue weighted by Crippen LogP contribution is 2.33. The number of nitrogens with one attached hydrogen (secondary N) is 1. The summed E-state index contributed by atoms with van der Waals surface area (Å²) in [5.74, 6) is -0.240. The van der Waals surface area contributed by atoms with E-state index in [4.69, 9.17) is 14.2 Å². The Morgan fingerprint density at radius 1 is 1.16 bits per heavy atom. The lowest BCUT2D eigenvalue weighted by molar-refractivity contribution is -0.148. The Balaban J connectivity index is 1.69. The van der Waals surface area contributed by atoms with Gasteiger partial charge in [-0.1, -0.05) is 12.1 Å². The molecule has 31 heavy (non-hydrogen) atoms. The van der Waals surface area contributed by atoms with Crippen molar-refractivity contribution in [3.63, 3.8) is 0 Å². The second-order valence-corrected chi connectivity index (χ2v) is 8.85. The fourth-order valence-corrected chi connectivity index (χ4v) is 4.29. The van der Waals surface area contributed by atoms with Crippen LogP contribution in [0.3, 0.4) is 0 Å². The normalized spacial score (nSPS) is 15.7. The molecule has 0 saturated carbocycles. The lowest BCUT2D eigenvalue weighted by atomic mass is 10.2. The number of methoxy groups -OCH3 is 1. The second-order valence-electron chi connectivity index (χ2n) is 7.14. The van der Waals surface area contributed by atoms with Gasteiger partial charge in [0.15, 0.2) is 6.61 Å². The van der Waals surface area contributed by atoms with E-state index >= 15 is 0 Å². The number of esters is 1. The maximum atomic E-state index is 12.8. The predicted octanol–water partition coefficient (Wildman–Crippen LogP) is 1.72. The molecular weight excluding hydrogens is 424 g/mol. The largest absolute Gasteiger partial charge is 0.484 e. The van der Waals surface area contributed by atoms with Gasteiger partial charge >= 0.3 is 5.97 Å². The monoisotopic (exact) mass is 448 g/mol. The minimum atomic E-state index is -3.61. The highest BCUT2D eigenvalue weighted by molar-refractivity contribution is 7.89. The van der Waals surface area contributed by atoms with E-state index in [9.17, 15) is 18.0 Å². The summed E-state index contributed by atoms with van der Waals surface area (Å²) < 4.78 is 42.8. The van der Waals surface area contributed by atoms with Crippen LogP contribution in [0.5, 0.6) is 11.5 Å².